The summed E-state index contributed by atoms with van der Waals surface area (Å²) < 4.78 is 7.70. The minimum Gasteiger partial charge on any atom is -0.451 e. The van der Waals surface area contributed by atoms with Gasteiger partial charge in [-0.2, -0.15) is 0 Å². The average molecular weight is 626 g/mol. The van der Waals surface area contributed by atoms with Gasteiger partial charge in [-0.25, -0.2) is 4.98 Å². The number of halogens is 1. The number of thiocarbonyl (C=S) groups is 1. The molecule has 0 spiro atoms. The van der Waals surface area contributed by atoms with Crippen molar-refractivity contribution in [3.8, 4) is 21.9 Å². The quantitative estimate of drug-likeness (QED) is 0.0949. The van der Waals surface area contributed by atoms with E-state index in [1.54, 1.807) is 29.5 Å². The number of nitrogens with one attached hydrogen (secondary N) is 2. The third-order valence-corrected chi connectivity index (χ3v) is 7.12. The van der Waals surface area contributed by atoms with E-state index in [9.17, 15) is 14.9 Å². The van der Waals surface area contributed by atoms with Crippen LogP contribution in [0.15, 0.2) is 83.3 Å². The summed E-state index contributed by atoms with van der Waals surface area (Å²) in [6.45, 7) is 0. The van der Waals surface area contributed by atoms with Crippen molar-refractivity contribution in [2.24, 2.45) is 0 Å². The molecular weight excluding hydrogens is 611 g/mol. The lowest BCUT2D eigenvalue weighted by Crippen LogP contribution is -2.34. The lowest BCUT2D eigenvalue weighted by atomic mass is 10.1. The maximum Gasteiger partial charge on any atom is 0.293 e. The van der Waals surface area contributed by atoms with Gasteiger partial charge < -0.3 is 9.73 Å². The van der Waals surface area contributed by atoms with Crippen molar-refractivity contribution in [1.82, 2.24) is 10.3 Å². The Morgan fingerprint density at radius 2 is 1.81 bits per heavy atom. The van der Waals surface area contributed by atoms with Gasteiger partial charge in [0.25, 0.3) is 11.6 Å². The predicted molar refractivity (Wildman–Crippen MR) is 152 cm³/mol. The van der Waals surface area contributed by atoms with Gasteiger partial charge in [0.1, 0.15) is 10.8 Å². The van der Waals surface area contributed by atoms with Crippen molar-refractivity contribution >= 4 is 78.8 Å². The molecule has 1 amide bonds. The number of fused-ring (bicyclic) bond motifs is 1. The Morgan fingerprint density at radius 3 is 2.61 bits per heavy atom. The second-order valence-electron chi connectivity index (χ2n) is 7.52. The lowest BCUT2D eigenvalue weighted by Gasteiger charge is -2.12. The molecule has 0 fully saturated rings. The molecule has 0 radical (unpaired) electrons. The molecule has 36 heavy (non-hydrogen) atoms. The van der Waals surface area contributed by atoms with E-state index in [2.05, 4.69) is 33.2 Å². The number of nitro groups is 1. The van der Waals surface area contributed by atoms with Crippen LogP contribution in [0.2, 0.25) is 0 Å². The standard InChI is InChI=1S/C25H15IN4O4S2/c26-14-9-10-17(16(13-14)24-27-18-6-2-4-8-22(18)36-24)28-25(35)29-23(31)21-12-11-20(34-21)15-5-1-3-7-19(15)30(32)33/h1-13H,(H2,28,29,31,35). The van der Waals surface area contributed by atoms with Crippen LogP contribution in [0.1, 0.15) is 10.6 Å². The molecule has 178 valence electrons. The molecule has 8 nitrogen and oxygen atoms in total. The third-order valence-electron chi connectivity index (χ3n) is 5.18. The van der Waals surface area contributed by atoms with Crippen LogP contribution in [-0.4, -0.2) is 20.9 Å². The molecule has 2 aromatic heterocycles. The van der Waals surface area contributed by atoms with Gasteiger partial charge in [0.2, 0.25) is 0 Å². The first kappa shape index (κ1) is 24.0. The number of hydrogen-bond acceptors (Lipinski definition) is 7. The molecule has 11 heteroatoms. The Hall–Kier alpha value is -3.68. The second kappa shape index (κ2) is 10.1. The number of anilines is 1. The number of amides is 1. The Kier molecular flexibility index (Phi) is 6.76. The van der Waals surface area contributed by atoms with E-state index >= 15 is 0 Å². The number of carbonyl (C=O) groups excluding carboxylic acids is 1. The topological polar surface area (TPSA) is 110 Å². The van der Waals surface area contributed by atoms with E-state index < -0.39 is 10.8 Å². The molecule has 2 heterocycles. The number of furan rings is 1. The number of nitro benzene ring substituents is 1. The molecular formula is C25H15IN4O4S2. The van der Waals surface area contributed by atoms with E-state index in [0.29, 0.717) is 5.69 Å². The van der Waals surface area contributed by atoms with E-state index in [1.807, 2.05) is 42.5 Å². The van der Waals surface area contributed by atoms with Crippen molar-refractivity contribution in [3.63, 3.8) is 0 Å². The third kappa shape index (κ3) is 4.98. The van der Waals surface area contributed by atoms with Gasteiger partial charge in [-0.15, -0.1) is 11.3 Å². The molecule has 3 aromatic carbocycles. The summed E-state index contributed by atoms with van der Waals surface area (Å²) in [7, 11) is 0. The summed E-state index contributed by atoms with van der Waals surface area (Å²) in [4.78, 5) is 28.3. The van der Waals surface area contributed by atoms with Crippen molar-refractivity contribution in [2.45, 2.75) is 0 Å². The molecule has 0 saturated carbocycles. The zero-order valence-corrected chi connectivity index (χ0v) is 22.0. The summed E-state index contributed by atoms with van der Waals surface area (Å²) in [5.41, 5.74) is 2.63. The van der Waals surface area contributed by atoms with Crippen LogP contribution in [-0.2, 0) is 0 Å². The summed E-state index contributed by atoms with van der Waals surface area (Å²) in [6, 6.07) is 22.8. The molecule has 0 bridgehead atoms. The lowest BCUT2D eigenvalue weighted by molar-refractivity contribution is -0.384. The number of hydrogen-bond donors (Lipinski definition) is 2. The number of thiazole rings is 1. The molecule has 0 aliphatic carbocycles. The Bertz CT molecular complexity index is 1610. The summed E-state index contributed by atoms with van der Waals surface area (Å²) in [5, 5.41) is 17.9. The van der Waals surface area contributed by atoms with E-state index in [1.165, 1.54) is 18.2 Å². The molecule has 0 saturated heterocycles. The smallest absolute Gasteiger partial charge is 0.293 e. The van der Waals surface area contributed by atoms with Gasteiger partial charge in [0.15, 0.2) is 10.9 Å². The Labute approximate surface area is 227 Å². The van der Waals surface area contributed by atoms with Crippen LogP contribution in [0.4, 0.5) is 11.4 Å². The fraction of sp³-hybridized carbons (Fsp3) is 0. The van der Waals surface area contributed by atoms with Gasteiger partial charge in [0, 0.05) is 15.2 Å². The monoisotopic (exact) mass is 626 g/mol. The number of rotatable bonds is 5. The fourth-order valence-corrected chi connectivity index (χ4v) is 5.24. The number of carbonyl (C=O) groups is 1. The highest BCUT2D eigenvalue weighted by Crippen LogP contribution is 2.35. The highest BCUT2D eigenvalue weighted by Gasteiger charge is 2.20. The SMILES string of the molecule is O=C(NC(=S)Nc1ccc(I)cc1-c1nc2ccccc2s1)c1ccc(-c2ccccc2[N+](=O)[O-])o1. The number of benzene rings is 3. The summed E-state index contributed by atoms with van der Waals surface area (Å²) >= 11 is 9.18. The first-order valence-corrected chi connectivity index (χ1v) is 12.8. The first-order chi connectivity index (χ1) is 17.4. The maximum atomic E-state index is 12.8. The van der Waals surface area contributed by atoms with Crippen molar-refractivity contribution in [3.05, 3.63) is 98.3 Å². The minimum atomic E-state index is -0.579. The normalized spacial score (nSPS) is 10.8. The van der Waals surface area contributed by atoms with Gasteiger partial charge >= 0.3 is 0 Å². The van der Waals surface area contributed by atoms with Crippen LogP contribution < -0.4 is 10.6 Å². The number of aromatic nitrogens is 1. The van der Waals surface area contributed by atoms with Gasteiger partial charge in [-0.05, 0) is 83.3 Å². The van der Waals surface area contributed by atoms with Crippen LogP contribution in [0, 0.1) is 13.7 Å². The molecule has 0 aliphatic rings. The average Bonchev–Trinajstić information content (AvgIpc) is 3.53. The summed E-state index contributed by atoms with van der Waals surface area (Å²) in [6.07, 6.45) is 0. The molecule has 0 atom stereocenters. The molecule has 5 aromatic rings. The number of para-hydroxylation sites is 2. The van der Waals surface area contributed by atoms with E-state index in [4.69, 9.17) is 21.6 Å². The van der Waals surface area contributed by atoms with Crippen molar-refractivity contribution < 1.29 is 14.1 Å². The first-order valence-electron chi connectivity index (χ1n) is 10.5. The molecule has 0 unspecified atom stereocenters. The van der Waals surface area contributed by atoms with Gasteiger partial charge in [-0.3, -0.25) is 20.2 Å². The predicted octanol–water partition coefficient (Wildman–Crippen LogP) is 6.86. The van der Waals surface area contributed by atoms with Crippen LogP contribution in [0.25, 0.3) is 32.1 Å². The van der Waals surface area contributed by atoms with Crippen LogP contribution in [0.5, 0.6) is 0 Å². The highest BCUT2D eigenvalue weighted by atomic mass is 127. The fourth-order valence-electron chi connectivity index (χ4n) is 3.55. The van der Waals surface area contributed by atoms with E-state index in [-0.39, 0.29) is 27.9 Å². The highest BCUT2D eigenvalue weighted by molar-refractivity contribution is 14.1. The minimum absolute atomic E-state index is 0.0266. The van der Waals surface area contributed by atoms with Gasteiger partial charge in [0.05, 0.1) is 26.4 Å². The summed E-state index contributed by atoms with van der Waals surface area (Å²) in [5.74, 6) is -0.396. The zero-order chi connectivity index (χ0) is 25.2. The van der Waals surface area contributed by atoms with Crippen LogP contribution >= 0.6 is 46.1 Å². The van der Waals surface area contributed by atoms with E-state index in [0.717, 1.165) is 24.4 Å². The zero-order valence-electron chi connectivity index (χ0n) is 18.2. The van der Waals surface area contributed by atoms with Crippen molar-refractivity contribution in [2.75, 3.05) is 5.32 Å². The Morgan fingerprint density at radius 1 is 1.03 bits per heavy atom. The maximum absolute atomic E-state index is 12.8. The van der Waals surface area contributed by atoms with Gasteiger partial charge in [-0.1, -0.05) is 24.3 Å². The number of nitrogens with zero attached hydrogens (tertiary/aromatic N) is 2. The molecule has 2 N–H and O–H groups in total. The Balaban J connectivity index is 1.34. The largest absolute Gasteiger partial charge is 0.451 e. The molecule has 5 rings (SSSR count). The second-order valence-corrected chi connectivity index (χ2v) is 10.2. The van der Waals surface area contributed by atoms with Crippen LogP contribution in [0.3, 0.4) is 0 Å². The molecule has 0 aliphatic heterocycles. The van der Waals surface area contributed by atoms with Crippen molar-refractivity contribution in [1.29, 1.82) is 0 Å².